The number of furan rings is 1. The molecule has 3 unspecified atom stereocenters. The SMILES string of the molecule is Nc1nc(NC2CC3CCC2C3)nc2nc(-c3ccco3)nn12. The van der Waals surface area contributed by atoms with E-state index in [1.807, 2.05) is 0 Å². The smallest absolute Gasteiger partial charge is 0.259 e. The van der Waals surface area contributed by atoms with Crippen molar-refractivity contribution >= 4 is 17.7 Å². The molecule has 3 N–H and O–H groups in total. The van der Waals surface area contributed by atoms with E-state index in [1.54, 1.807) is 18.4 Å². The van der Waals surface area contributed by atoms with Crippen LogP contribution in [0.15, 0.2) is 22.8 Å². The van der Waals surface area contributed by atoms with E-state index < -0.39 is 0 Å². The van der Waals surface area contributed by atoms with Crippen molar-refractivity contribution in [3.05, 3.63) is 18.4 Å². The molecule has 2 fully saturated rings. The Labute approximate surface area is 132 Å². The normalized spacial score (nSPS) is 26.2. The number of nitrogen functional groups attached to an aromatic ring is 1. The predicted molar refractivity (Wildman–Crippen MR) is 83.6 cm³/mol. The molecule has 5 rings (SSSR count). The Kier molecular flexibility index (Phi) is 2.61. The van der Waals surface area contributed by atoms with E-state index in [4.69, 9.17) is 10.2 Å². The molecule has 3 atom stereocenters. The van der Waals surface area contributed by atoms with Gasteiger partial charge in [-0.1, -0.05) is 6.42 Å². The summed E-state index contributed by atoms with van der Waals surface area (Å²) in [6, 6.07) is 4.04. The quantitative estimate of drug-likeness (QED) is 0.761. The van der Waals surface area contributed by atoms with Crippen LogP contribution in [-0.4, -0.2) is 30.6 Å². The second-order valence-corrected chi connectivity index (χ2v) is 6.46. The fraction of sp³-hybridized carbons (Fsp3) is 0.467. The summed E-state index contributed by atoms with van der Waals surface area (Å²) in [7, 11) is 0. The summed E-state index contributed by atoms with van der Waals surface area (Å²) in [6.45, 7) is 0. The molecule has 2 saturated carbocycles. The first-order valence-corrected chi connectivity index (χ1v) is 7.97. The Morgan fingerprint density at radius 2 is 2.17 bits per heavy atom. The maximum atomic E-state index is 6.01. The second kappa shape index (κ2) is 4.68. The molecule has 0 saturated heterocycles. The van der Waals surface area contributed by atoms with E-state index in [0.717, 1.165) is 11.8 Å². The molecule has 0 aromatic carbocycles. The van der Waals surface area contributed by atoms with Gasteiger partial charge < -0.3 is 15.5 Å². The Morgan fingerprint density at radius 1 is 1.22 bits per heavy atom. The van der Waals surface area contributed by atoms with Crippen molar-refractivity contribution in [1.29, 1.82) is 0 Å². The third-order valence-corrected chi connectivity index (χ3v) is 5.03. The van der Waals surface area contributed by atoms with Gasteiger partial charge in [-0.15, -0.1) is 5.10 Å². The highest BCUT2D eigenvalue weighted by Gasteiger charge is 2.39. The van der Waals surface area contributed by atoms with Gasteiger partial charge in [-0.3, -0.25) is 0 Å². The largest absolute Gasteiger partial charge is 0.461 e. The predicted octanol–water partition coefficient (Wildman–Crippen LogP) is 1.96. The average molecular weight is 311 g/mol. The molecule has 0 radical (unpaired) electrons. The minimum absolute atomic E-state index is 0.269. The first kappa shape index (κ1) is 12.9. The molecular weight excluding hydrogens is 294 g/mol. The number of fused-ring (bicyclic) bond motifs is 3. The minimum Gasteiger partial charge on any atom is -0.461 e. The van der Waals surface area contributed by atoms with E-state index in [1.165, 1.54) is 30.2 Å². The lowest BCUT2D eigenvalue weighted by Gasteiger charge is -2.22. The van der Waals surface area contributed by atoms with Gasteiger partial charge in [0.15, 0.2) is 5.76 Å². The van der Waals surface area contributed by atoms with Gasteiger partial charge in [-0.25, -0.2) is 0 Å². The number of hydrogen-bond acceptors (Lipinski definition) is 7. The molecular formula is C15H17N7O. The van der Waals surface area contributed by atoms with Crippen LogP contribution in [0.2, 0.25) is 0 Å². The molecule has 2 bridgehead atoms. The van der Waals surface area contributed by atoms with Crippen molar-refractivity contribution in [2.75, 3.05) is 11.1 Å². The van der Waals surface area contributed by atoms with Gasteiger partial charge in [0, 0.05) is 6.04 Å². The Morgan fingerprint density at radius 3 is 2.91 bits per heavy atom. The molecule has 0 aliphatic heterocycles. The number of nitrogens with two attached hydrogens (primary N) is 1. The van der Waals surface area contributed by atoms with Crippen molar-refractivity contribution in [3.8, 4) is 11.6 Å². The van der Waals surface area contributed by atoms with E-state index >= 15 is 0 Å². The number of hydrogen-bond donors (Lipinski definition) is 2. The second-order valence-electron chi connectivity index (χ2n) is 6.46. The molecule has 2 aliphatic carbocycles. The van der Waals surface area contributed by atoms with Crippen LogP contribution in [0.25, 0.3) is 17.4 Å². The lowest BCUT2D eigenvalue weighted by molar-refractivity contribution is 0.438. The molecule has 3 aromatic heterocycles. The van der Waals surface area contributed by atoms with Gasteiger partial charge in [-0.2, -0.15) is 19.5 Å². The van der Waals surface area contributed by atoms with Crippen LogP contribution in [-0.2, 0) is 0 Å². The van der Waals surface area contributed by atoms with Crippen molar-refractivity contribution in [2.45, 2.75) is 31.7 Å². The van der Waals surface area contributed by atoms with Gasteiger partial charge in [0.1, 0.15) is 0 Å². The summed E-state index contributed by atoms with van der Waals surface area (Å²) in [5.74, 6) is 3.85. The van der Waals surface area contributed by atoms with Crippen molar-refractivity contribution in [3.63, 3.8) is 0 Å². The minimum atomic E-state index is 0.269. The maximum Gasteiger partial charge on any atom is 0.259 e. The van der Waals surface area contributed by atoms with Crippen molar-refractivity contribution in [1.82, 2.24) is 24.6 Å². The standard InChI is InChI=1S/C15H17N7O/c16-13-19-14(17-10-7-8-3-4-9(10)6-8)20-15-18-12(21-22(13)15)11-2-1-5-23-11/h1-2,5,8-10H,3-4,6-7H2,(H3,16,17,18,19,20,21). The van der Waals surface area contributed by atoms with E-state index in [-0.39, 0.29) is 5.95 Å². The Hall–Kier alpha value is -2.64. The van der Waals surface area contributed by atoms with Gasteiger partial charge >= 0.3 is 0 Å². The average Bonchev–Trinajstić information content (AvgIpc) is 3.30. The number of rotatable bonds is 3. The monoisotopic (exact) mass is 311 g/mol. The molecule has 8 nitrogen and oxygen atoms in total. The van der Waals surface area contributed by atoms with Crippen LogP contribution >= 0.6 is 0 Å². The fourth-order valence-electron chi connectivity index (χ4n) is 3.97. The van der Waals surface area contributed by atoms with Crippen LogP contribution < -0.4 is 11.1 Å². The first-order chi connectivity index (χ1) is 11.3. The number of nitrogens with zero attached hydrogens (tertiary/aromatic N) is 5. The van der Waals surface area contributed by atoms with Crippen LogP contribution in [0, 0.1) is 11.8 Å². The van der Waals surface area contributed by atoms with Gasteiger partial charge in [0.25, 0.3) is 5.78 Å². The number of aromatic nitrogens is 5. The van der Waals surface area contributed by atoms with Gasteiger partial charge in [-0.05, 0) is 43.2 Å². The van der Waals surface area contributed by atoms with Crippen LogP contribution in [0.5, 0.6) is 0 Å². The zero-order valence-corrected chi connectivity index (χ0v) is 12.5. The first-order valence-electron chi connectivity index (χ1n) is 7.97. The number of nitrogens with one attached hydrogen (secondary N) is 1. The van der Waals surface area contributed by atoms with Gasteiger partial charge in [0.2, 0.25) is 17.7 Å². The lowest BCUT2D eigenvalue weighted by atomic mass is 9.95. The summed E-state index contributed by atoms with van der Waals surface area (Å²) in [6.07, 6.45) is 6.76. The van der Waals surface area contributed by atoms with Crippen LogP contribution in [0.4, 0.5) is 11.9 Å². The highest BCUT2D eigenvalue weighted by molar-refractivity contribution is 5.52. The molecule has 23 heavy (non-hydrogen) atoms. The molecule has 118 valence electrons. The maximum absolute atomic E-state index is 6.01. The third-order valence-electron chi connectivity index (χ3n) is 5.03. The molecule has 0 spiro atoms. The van der Waals surface area contributed by atoms with E-state index in [9.17, 15) is 0 Å². The van der Waals surface area contributed by atoms with E-state index in [2.05, 4.69) is 25.4 Å². The van der Waals surface area contributed by atoms with E-state index in [0.29, 0.717) is 29.4 Å². The third kappa shape index (κ3) is 2.05. The summed E-state index contributed by atoms with van der Waals surface area (Å²) in [5, 5.41) is 7.74. The highest BCUT2D eigenvalue weighted by Crippen LogP contribution is 2.45. The molecule has 3 aromatic rings. The summed E-state index contributed by atoms with van der Waals surface area (Å²) in [5.41, 5.74) is 6.01. The Bertz CT molecular complexity index is 856. The van der Waals surface area contributed by atoms with Crippen LogP contribution in [0.1, 0.15) is 25.7 Å². The summed E-state index contributed by atoms with van der Waals surface area (Å²) in [4.78, 5) is 13.2. The van der Waals surface area contributed by atoms with Crippen molar-refractivity contribution < 1.29 is 4.42 Å². The molecule has 8 heteroatoms. The molecule has 3 heterocycles. The topological polar surface area (TPSA) is 107 Å². The summed E-state index contributed by atoms with van der Waals surface area (Å²) >= 11 is 0. The lowest BCUT2D eigenvalue weighted by Crippen LogP contribution is -2.27. The summed E-state index contributed by atoms with van der Waals surface area (Å²) < 4.78 is 6.75. The van der Waals surface area contributed by atoms with Crippen LogP contribution in [0.3, 0.4) is 0 Å². The molecule has 2 aliphatic rings. The molecule has 0 amide bonds. The number of anilines is 2. The van der Waals surface area contributed by atoms with Crippen molar-refractivity contribution in [2.24, 2.45) is 11.8 Å². The highest BCUT2D eigenvalue weighted by atomic mass is 16.3. The Balaban J connectivity index is 1.48. The zero-order chi connectivity index (χ0) is 15.4. The zero-order valence-electron chi connectivity index (χ0n) is 12.5. The van der Waals surface area contributed by atoms with Gasteiger partial charge in [0.05, 0.1) is 6.26 Å². The fourth-order valence-corrected chi connectivity index (χ4v) is 3.97.